The van der Waals surface area contributed by atoms with E-state index in [2.05, 4.69) is 0 Å². The minimum Gasteiger partial charge on any atom is -0.463 e. The van der Waals surface area contributed by atoms with E-state index in [9.17, 15) is 9.59 Å². The summed E-state index contributed by atoms with van der Waals surface area (Å²) < 4.78 is 15.8. The van der Waals surface area contributed by atoms with Gasteiger partial charge in [0.05, 0.1) is 13.2 Å². The minimum atomic E-state index is -1.79. The van der Waals surface area contributed by atoms with Gasteiger partial charge < -0.3 is 14.2 Å². The molecule has 1 aromatic carbocycles. The van der Waals surface area contributed by atoms with Gasteiger partial charge >= 0.3 is 11.9 Å². The number of rotatable bonds is 8. The molecular weight excluding hydrogens is 284 g/mol. The highest BCUT2D eigenvalue weighted by atomic mass is 16.6. The standard InChI is InChI=1S/C17H24O5/c1-5-20-15(18)17(22-7-3,16(19)21-6-2)13(4)14-11-9-8-10-12-14/h8-13H,5-7H2,1-4H3/t13-/m1/s1. The molecule has 1 atom stereocenters. The van der Waals surface area contributed by atoms with Crippen LogP contribution in [0.2, 0.25) is 0 Å². The van der Waals surface area contributed by atoms with E-state index in [0.29, 0.717) is 0 Å². The van der Waals surface area contributed by atoms with Crippen LogP contribution in [-0.4, -0.2) is 37.4 Å². The molecule has 0 spiro atoms. The van der Waals surface area contributed by atoms with E-state index in [1.54, 1.807) is 27.7 Å². The number of esters is 2. The third-order valence-corrected chi connectivity index (χ3v) is 3.44. The fourth-order valence-corrected chi connectivity index (χ4v) is 2.36. The molecule has 0 aliphatic heterocycles. The van der Waals surface area contributed by atoms with Crippen molar-refractivity contribution in [2.75, 3.05) is 19.8 Å². The summed E-state index contributed by atoms with van der Waals surface area (Å²) >= 11 is 0. The predicted octanol–water partition coefficient (Wildman–Crippen LogP) is 2.69. The molecule has 0 heterocycles. The molecule has 22 heavy (non-hydrogen) atoms. The molecule has 122 valence electrons. The second-order valence-corrected chi connectivity index (χ2v) is 4.74. The predicted molar refractivity (Wildman–Crippen MR) is 82.5 cm³/mol. The molecule has 0 amide bonds. The first-order chi connectivity index (χ1) is 10.5. The van der Waals surface area contributed by atoms with Gasteiger partial charge in [0, 0.05) is 12.5 Å². The van der Waals surface area contributed by atoms with Crippen LogP contribution in [0.15, 0.2) is 30.3 Å². The van der Waals surface area contributed by atoms with E-state index in [0.717, 1.165) is 5.56 Å². The maximum Gasteiger partial charge on any atom is 0.350 e. The van der Waals surface area contributed by atoms with E-state index in [4.69, 9.17) is 14.2 Å². The van der Waals surface area contributed by atoms with Gasteiger partial charge in [-0.05, 0) is 26.3 Å². The highest BCUT2D eigenvalue weighted by molar-refractivity contribution is 6.05. The van der Waals surface area contributed by atoms with Gasteiger partial charge in [0.1, 0.15) is 0 Å². The van der Waals surface area contributed by atoms with Crippen molar-refractivity contribution in [3.63, 3.8) is 0 Å². The molecule has 0 bridgehead atoms. The molecule has 0 saturated carbocycles. The zero-order chi connectivity index (χ0) is 16.6. The van der Waals surface area contributed by atoms with E-state index in [1.165, 1.54) is 0 Å². The van der Waals surface area contributed by atoms with E-state index in [-0.39, 0.29) is 19.8 Å². The molecule has 1 aromatic rings. The van der Waals surface area contributed by atoms with Crippen molar-refractivity contribution in [2.45, 2.75) is 39.2 Å². The Bertz CT molecular complexity index is 465. The number of ether oxygens (including phenoxy) is 3. The maximum absolute atomic E-state index is 12.5. The monoisotopic (exact) mass is 308 g/mol. The lowest BCUT2D eigenvalue weighted by Gasteiger charge is -2.34. The van der Waals surface area contributed by atoms with Gasteiger partial charge in [-0.3, -0.25) is 0 Å². The third kappa shape index (κ3) is 3.65. The summed E-state index contributed by atoms with van der Waals surface area (Å²) in [5, 5.41) is 0. The summed E-state index contributed by atoms with van der Waals surface area (Å²) in [5.41, 5.74) is -0.987. The first kappa shape index (κ1) is 18.2. The number of hydrogen-bond donors (Lipinski definition) is 0. The first-order valence-electron chi connectivity index (χ1n) is 7.57. The molecule has 0 fully saturated rings. The smallest absolute Gasteiger partial charge is 0.350 e. The van der Waals surface area contributed by atoms with E-state index >= 15 is 0 Å². The second-order valence-electron chi connectivity index (χ2n) is 4.74. The van der Waals surface area contributed by atoms with Crippen LogP contribution in [-0.2, 0) is 23.8 Å². The Morgan fingerprint density at radius 3 is 1.86 bits per heavy atom. The molecule has 0 unspecified atom stereocenters. The van der Waals surface area contributed by atoms with E-state index < -0.39 is 23.5 Å². The van der Waals surface area contributed by atoms with Crippen molar-refractivity contribution >= 4 is 11.9 Å². The first-order valence-corrected chi connectivity index (χ1v) is 7.57. The molecule has 0 aromatic heterocycles. The Balaban J connectivity index is 3.33. The Hall–Kier alpha value is -1.88. The normalized spacial score (nSPS) is 12.5. The fraction of sp³-hybridized carbons (Fsp3) is 0.529. The summed E-state index contributed by atoms with van der Waals surface area (Å²) in [4.78, 5) is 25.1. The summed E-state index contributed by atoms with van der Waals surface area (Å²) in [6, 6.07) is 9.25. The molecule has 5 heteroatoms. The van der Waals surface area contributed by atoms with Crippen molar-refractivity contribution in [1.29, 1.82) is 0 Å². The molecule has 0 saturated heterocycles. The van der Waals surface area contributed by atoms with Gasteiger partial charge in [-0.2, -0.15) is 0 Å². The van der Waals surface area contributed by atoms with Crippen LogP contribution < -0.4 is 0 Å². The number of carbonyl (C=O) groups excluding carboxylic acids is 2. The third-order valence-electron chi connectivity index (χ3n) is 3.44. The van der Waals surface area contributed by atoms with Crippen LogP contribution in [0.1, 0.15) is 39.2 Å². The Labute approximate surface area is 131 Å². The van der Waals surface area contributed by atoms with Gasteiger partial charge in [0.2, 0.25) is 0 Å². The minimum absolute atomic E-state index is 0.161. The van der Waals surface area contributed by atoms with Crippen LogP contribution in [0.3, 0.4) is 0 Å². The van der Waals surface area contributed by atoms with Gasteiger partial charge in [0.25, 0.3) is 5.60 Å². The SMILES string of the molecule is CCOC(=O)C(OCC)(C(=O)OCC)[C@H](C)c1ccccc1. The van der Waals surface area contributed by atoms with Crippen LogP contribution in [0.5, 0.6) is 0 Å². The molecule has 0 N–H and O–H groups in total. The van der Waals surface area contributed by atoms with Crippen LogP contribution in [0.4, 0.5) is 0 Å². The average molecular weight is 308 g/mol. The van der Waals surface area contributed by atoms with Gasteiger partial charge in [-0.15, -0.1) is 0 Å². The molecule has 0 radical (unpaired) electrons. The average Bonchev–Trinajstić information content (AvgIpc) is 2.53. The zero-order valence-corrected chi connectivity index (χ0v) is 13.6. The fourth-order valence-electron chi connectivity index (χ4n) is 2.36. The van der Waals surface area contributed by atoms with Crippen LogP contribution in [0, 0.1) is 0 Å². The summed E-state index contributed by atoms with van der Waals surface area (Å²) in [7, 11) is 0. The van der Waals surface area contributed by atoms with Crippen molar-refractivity contribution < 1.29 is 23.8 Å². The van der Waals surface area contributed by atoms with Gasteiger partial charge in [-0.25, -0.2) is 9.59 Å². The van der Waals surface area contributed by atoms with Crippen LogP contribution >= 0.6 is 0 Å². The lowest BCUT2D eigenvalue weighted by Crippen LogP contribution is -2.55. The number of carbonyl (C=O) groups is 2. The van der Waals surface area contributed by atoms with Crippen LogP contribution in [0.25, 0.3) is 0 Å². The summed E-state index contributed by atoms with van der Waals surface area (Å²) in [6.45, 7) is 7.38. The zero-order valence-electron chi connectivity index (χ0n) is 13.6. The lowest BCUT2D eigenvalue weighted by atomic mass is 9.83. The molecule has 1 rings (SSSR count). The summed E-state index contributed by atoms with van der Waals surface area (Å²) in [6.07, 6.45) is 0. The van der Waals surface area contributed by atoms with Crippen molar-refractivity contribution in [1.82, 2.24) is 0 Å². The van der Waals surface area contributed by atoms with E-state index in [1.807, 2.05) is 30.3 Å². The van der Waals surface area contributed by atoms with Gasteiger partial charge in [-0.1, -0.05) is 37.3 Å². The molecule has 0 aliphatic rings. The summed E-state index contributed by atoms with van der Waals surface area (Å²) in [5.74, 6) is -1.97. The largest absolute Gasteiger partial charge is 0.463 e. The second kappa shape index (κ2) is 8.54. The topological polar surface area (TPSA) is 61.8 Å². The molecule has 5 nitrogen and oxygen atoms in total. The Morgan fingerprint density at radius 2 is 1.45 bits per heavy atom. The molecular formula is C17H24O5. The van der Waals surface area contributed by atoms with Crippen molar-refractivity contribution in [2.24, 2.45) is 0 Å². The number of hydrogen-bond acceptors (Lipinski definition) is 5. The lowest BCUT2D eigenvalue weighted by molar-refractivity contribution is -0.193. The Morgan fingerprint density at radius 1 is 0.955 bits per heavy atom. The quantitative estimate of drug-likeness (QED) is 0.546. The van der Waals surface area contributed by atoms with Crippen molar-refractivity contribution in [3.05, 3.63) is 35.9 Å². The molecule has 0 aliphatic carbocycles. The van der Waals surface area contributed by atoms with Gasteiger partial charge in [0.15, 0.2) is 0 Å². The highest BCUT2D eigenvalue weighted by Crippen LogP contribution is 2.34. The number of benzene rings is 1. The maximum atomic E-state index is 12.5. The highest BCUT2D eigenvalue weighted by Gasteiger charge is 2.55. The van der Waals surface area contributed by atoms with Crippen molar-refractivity contribution in [3.8, 4) is 0 Å². The Kier molecular flexibility index (Phi) is 7.05.